The first kappa shape index (κ1) is 57.0. The fourth-order valence-electron chi connectivity index (χ4n) is 8.87. The zero-order chi connectivity index (χ0) is 50.8. The van der Waals surface area contributed by atoms with Crippen LogP contribution < -0.4 is 0 Å². The van der Waals surface area contributed by atoms with Crippen LogP contribution in [0.15, 0.2) is 0 Å². The van der Waals surface area contributed by atoms with Crippen molar-refractivity contribution in [2.45, 2.75) is 184 Å². The summed E-state index contributed by atoms with van der Waals surface area (Å²) in [5.74, 6) is 0. The van der Waals surface area contributed by atoms with Crippen LogP contribution in [0.25, 0.3) is 0 Å². The van der Waals surface area contributed by atoms with E-state index in [1.54, 1.807) is 0 Å². The van der Waals surface area contributed by atoms with E-state index >= 15 is 0 Å². The summed E-state index contributed by atoms with van der Waals surface area (Å²) >= 11 is 0. The highest BCUT2D eigenvalue weighted by Crippen LogP contribution is 2.36. The van der Waals surface area contributed by atoms with Crippen molar-refractivity contribution < 1.29 is 153 Å². The summed E-state index contributed by atoms with van der Waals surface area (Å²) in [6.07, 6.45) is -54.3. The van der Waals surface area contributed by atoms with Gasteiger partial charge in [-0.15, -0.1) is 0 Å². The van der Waals surface area contributed by atoms with E-state index in [0.29, 0.717) is 0 Å². The first-order valence-electron chi connectivity index (χ1n) is 21.9. The number of aliphatic hydroxyl groups is 18. The Morgan fingerprint density at radius 2 is 0.551 bits per heavy atom. The molecule has 6 fully saturated rings. The third-order valence-electron chi connectivity index (χ3n) is 12.9. The van der Waals surface area contributed by atoms with E-state index in [-0.39, 0.29) is 0 Å². The molecule has 0 bridgehead atoms. The van der Waals surface area contributed by atoms with Gasteiger partial charge in [0.2, 0.25) is 0 Å². The summed E-state index contributed by atoms with van der Waals surface area (Å²) in [7, 11) is 2.33. The first-order chi connectivity index (χ1) is 32.8. The molecule has 0 radical (unpaired) electrons. The number of aliphatic hydroxyl groups excluding tert-OH is 18. The van der Waals surface area contributed by atoms with Crippen LogP contribution in [-0.4, -0.2) is 330 Å². The lowest BCUT2D eigenvalue weighted by molar-refractivity contribution is -0.395. The molecular formula is C38H66O31. The van der Waals surface area contributed by atoms with Crippen LogP contribution in [0.1, 0.15) is 0 Å². The molecule has 31 heteroatoms. The maximum atomic E-state index is 11.5. The molecule has 6 rings (SSSR count). The normalized spacial score (nSPS) is 52.2. The minimum Gasteiger partial charge on any atom is -0.394 e. The van der Waals surface area contributed by atoms with Gasteiger partial charge in [0, 0.05) is 14.2 Å². The molecule has 0 aliphatic carbocycles. The van der Waals surface area contributed by atoms with Crippen molar-refractivity contribution in [3.05, 3.63) is 0 Å². The first-order valence-corrected chi connectivity index (χ1v) is 21.9. The number of methoxy groups -OCH3 is 2. The monoisotopic (exact) mass is 1020 g/mol. The zero-order valence-electron chi connectivity index (χ0n) is 36.9. The molecule has 0 spiro atoms. The second-order valence-corrected chi connectivity index (χ2v) is 17.2. The van der Waals surface area contributed by atoms with Crippen molar-refractivity contribution in [3.8, 4) is 0 Å². The largest absolute Gasteiger partial charge is 0.394 e. The number of hydrogen-bond donors (Lipinski definition) is 18. The Bertz CT molecular complexity index is 1530. The molecule has 6 aliphatic rings. The average molecular weight is 1020 g/mol. The lowest BCUT2D eigenvalue weighted by Crippen LogP contribution is -2.68. The predicted octanol–water partition coefficient (Wildman–Crippen LogP) is -12.8. The highest BCUT2D eigenvalue weighted by molar-refractivity contribution is 4.99. The van der Waals surface area contributed by atoms with E-state index in [4.69, 9.17) is 61.6 Å². The summed E-state index contributed by atoms with van der Waals surface area (Å²) in [4.78, 5) is 0. The van der Waals surface area contributed by atoms with E-state index in [9.17, 15) is 91.9 Å². The van der Waals surface area contributed by atoms with E-state index in [1.165, 1.54) is 7.11 Å². The van der Waals surface area contributed by atoms with E-state index < -0.39 is 224 Å². The number of rotatable bonds is 18. The van der Waals surface area contributed by atoms with Crippen LogP contribution in [0.4, 0.5) is 0 Å². The Kier molecular flexibility index (Phi) is 20.6. The van der Waals surface area contributed by atoms with Crippen molar-refractivity contribution in [2.75, 3.05) is 53.9 Å². The second-order valence-electron chi connectivity index (χ2n) is 17.2. The van der Waals surface area contributed by atoms with Gasteiger partial charge in [0.1, 0.15) is 146 Å². The van der Waals surface area contributed by atoms with Crippen LogP contribution in [0.3, 0.4) is 0 Å². The smallest absolute Gasteiger partial charge is 0.187 e. The number of hydrogen-bond acceptors (Lipinski definition) is 31. The molecule has 404 valence electrons. The zero-order valence-corrected chi connectivity index (χ0v) is 36.9. The number of ether oxygens (including phenoxy) is 13. The molecule has 0 aromatic rings. The SMILES string of the molecule is CO[C@@H]1OC(CO)[C@@H](O[C@H]2O[C@@H](CO[C@H]3O[C@@H](CO)[C@H](O)C(O)C3O)[C@@H](O[C@@H]3OC(CO)[C@@H](O[C@H]4O[C@@H](CO)[C@@H](O[C@@H]5OC(CO)[C@@H](OC)[C@@H](O)C5O)C(O)C4O)[C@H](O)C3O)C(O)C2O)[C@@H](O)C1O. The Morgan fingerprint density at radius 3 is 0.899 bits per heavy atom. The van der Waals surface area contributed by atoms with Crippen LogP contribution in [-0.2, 0) is 61.6 Å². The fourth-order valence-corrected chi connectivity index (χ4v) is 8.87. The molecular weight excluding hydrogens is 952 g/mol. The molecule has 0 saturated carbocycles. The third-order valence-corrected chi connectivity index (χ3v) is 12.9. The van der Waals surface area contributed by atoms with Gasteiger partial charge in [-0.25, -0.2) is 0 Å². The molecule has 12 unspecified atom stereocenters. The van der Waals surface area contributed by atoms with E-state index in [0.717, 1.165) is 7.11 Å². The minimum atomic E-state index is -2.22. The molecule has 30 atom stereocenters. The van der Waals surface area contributed by atoms with E-state index in [2.05, 4.69) is 0 Å². The van der Waals surface area contributed by atoms with Crippen LogP contribution in [0.5, 0.6) is 0 Å². The standard InChI is InChI=1S/C38H66O31/c1-57-28-10(4-40)62-35(24(53)17(28)46)66-30-12(6-42)63-36(25(54)19(30)48)67-31-13(7-43)64-37(26(55)20(31)49)69-32-14(8-59-34-22(51)16(45)15(44)9(3-39)60-34)65-38(27(56)21(32)50)68-29-11(5-41)61-33(58-2)23(52)18(29)47/h9-56H,3-8H2,1-2H3/t9-,10?,11?,12-,13?,14-,15-,16?,17-,18-,19?,20+,21?,22?,23?,24?,25?,26?,27?,28+,29+,30+,31+,32+,33+,34-,35-,36+,37-,38+/m0/s1. The lowest BCUT2D eigenvalue weighted by atomic mass is 9.95. The van der Waals surface area contributed by atoms with Crippen LogP contribution in [0.2, 0.25) is 0 Å². The van der Waals surface area contributed by atoms with Crippen LogP contribution in [0, 0.1) is 0 Å². The Hall–Kier alpha value is -1.24. The predicted molar refractivity (Wildman–Crippen MR) is 209 cm³/mol. The second kappa shape index (κ2) is 24.9. The van der Waals surface area contributed by atoms with Crippen molar-refractivity contribution in [2.24, 2.45) is 0 Å². The fraction of sp³-hybridized carbons (Fsp3) is 1.00. The van der Waals surface area contributed by atoms with Gasteiger partial charge in [0.25, 0.3) is 0 Å². The molecule has 0 aromatic heterocycles. The lowest BCUT2D eigenvalue weighted by Gasteiger charge is -2.50. The van der Waals surface area contributed by atoms with Gasteiger partial charge in [-0.05, 0) is 0 Å². The van der Waals surface area contributed by atoms with Crippen molar-refractivity contribution >= 4 is 0 Å². The maximum Gasteiger partial charge on any atom is 0.187 e. The van der Waals surface area contributed by atoms with Gasteiger partial charge in [0.05, 0.1) is 39.6 Å². The van der Waals surface area contributed by atoms with Gasteiger partial charge < -0.3 is 153 Å². The summed E-state index contributed by atoms with van der Waals surface area (Å²) in [5.41, 5.74) is 0. The van der Waals surface area contributed by atoms with Gasteiger partial charge in [-0.1, -0.05) is 0 Å². The van der Waals surface area contributed by atoms with Gasteiger partial charge in [-0.3, -0.25) is 0 Å². The third kappa shape index (κ3) is 11.8. The summed E-state index contributed by atoms with van der Waals surface area (Å²) in [6, 6.07) is 0. The molecule has 31 nitrogen and oxygen atoms in total. The Balaban J connectivity index is 1.17. The van der Waals surface area contributed by atoms with Gasteiger partial charge in [-0.2, -0.15) is 0 Å². The van der Waals surface area contributed by atoms with Gasteiger partial charge in [0.15, 0.2) is 37.7 Å². The molecule has 6 saturated heterocycles. The molecule has 0 amide bonds. The molecule has 6 heterocycles. The highest BCUT2D eigenvalue weighted by atomic mass is 16.8. The highest BCUT2D eigenvalue weighted by Gasteiger charge is 2.57. The summed E-state index contributed by atoms with van der Waals surface area (Å²) in [5, 5.41) is 192. The maximum absolute atomic E-state index is 11.5. The summed E-state index contributed by atoms with van der Waals surface area (Å²) in [6.45, 7) is -5.23. The van der Waals surface area contributed by atoms with Crippen molar-refractivity contribution in [1.82, 2.24) is 0 Å². The van der Waals surface area contributed by atoms with E-state index in [1.807, 2.05) is 0 Å². The summed E-state index contributed by atoms with van der Waals surface area (Å²) < 4.78 is 72.2. The van der Waals surface area contributed by atoms with Crippen molar-refractivity contribution in [1.29, 1.82) is 0 Å². The topological polar surface area (TPSA) is 484 Å². The average Bonchev–Trinajstić information content (AvgIpc) is 3.34. The van der Waals surface area contributed by atoms with Crippen LogP contribution >= 0.6 is 0 Å². The molecule has 18 N–H and O–H groups in total. The Morgan fingerprint density at radius 1 is 0.275 bits per heavy atom. The van der Waals surface area contributed by atoms with Crippen molar-refractivity contribution in [3.63, 3.8) is 0 Å². The molecule has 0 aromatic carbocycles. The quantitative estimate of drug-likeness (QED) is 0.0606. The minimum absolute atomic E-state index is 0.700. The Labute approximate surface area is 391 Å². The van der Waals surface area contributed by atoms with Gasteiger partial charge >= 0.3 is 0 Å². The molecule has 69 heavy (non-hydrogen) atoms. The molecule has 6 aliphatic heterocycles.